The maximum atomic E-state index is 5.73. The molecule has 4 rings (SSSR count). The van der Waals surface area contributed by atoms with Crippen molar-refractivity contribution in [1.29, 1.82) is 0 Å². The summed E-state index contributed by atoms with van der Waals surface area (Å²) in [7, 11) is 1.87. The Morgan fingerprint density at radius 1 is 1.33 bits per heavy atom. The molecule has 0 saturated heterocycles. The Morgan fingerprint density at radius 3 is 2.80 bits per heavy atom. The molecule has 0 heterocycles. The van der Waals surface area contributed by atoms with Crippen LogP contribution in [0.3, 0.4) is 0 Å². The number of thiol groups is 1. The van der Waals surface area contributed by atoms with E-state index in [1.54, 1.807) is 0 Å². The third-order valence-corrected chi connectivity index (χ3v) is 6.02. The molecule has 1 nitrogen and oxygen atoms in total. The summed E-state index contributed by atoms with van der Waals surface area (Å²) in [6.07, 6.45) is 7.91. The number of rotatable bonds is 2. The van der Waals surface area contributed by atoms with E-state index in [2.05, 4.69) is 12.7 Å². The molecule has 4 saturated carbocycles. The molecule has 0 N–H and O–H groups in total. The predicted molar refractivity (Wildman–Crippen MR) is 65.1 cm³/mol. The van der Waals surface area contributed by atoms with Crippen molar-refractivity contribution in [3.05, 3.63) is 12.7 Å². The summed E-state index contributed by atoms with van der Waals surface area (Å²) in [5, 5.41) is 0. The summed E-state index contributed by atoms with van der Waals surface area (Å²) in [6, 6.07) is 0. The number of hydrogen-bond acceptors (Lipinski definition) is 2. The smallest absolute Gasteiger partial charge is 0.0644 e. The van der Waals surface area contributed by atoms with Crippen molar-refractivity contribution in [2.45, 2.75) is 36.5 Å². The lowest BCUT2D eigenvalue weighted by atomic mass is 9.50. The van der Waals surface area contributed by atoms with Crippen molar-refractivity contribution in [2.24, 2.45) is 23.7 Å². The monoisotopic (exact) mass is 224 g/mol. The van der Waals surface area contributed by atoms with Gasteiger partial charge in [-0.2, -0.15) is 12.6 Å². The minimum Gasteiger partial charge on any atom is -0.381 e. The second kappa shape index (κ2) is 3.27. The van der Waals surface area contributed by atoms with Crippen LogP contribution in [-0.2, 0) is 4.74 Å². The Bertz CT molecular complexity index is 290. The zero-order valence-electron chi connectivity index (χ0n) is 9.36. The van der Waals surface area contributed by atoms with Crippen LogP contribution in [0.5, 0.6) is 0 Å². The van der Waals surface area contributed by atoms with Crippen molar-refractivity contribution in [3.63, 3.8) is 0 Å². The number of ether oxygens (including phenoxy) is 1. The highest BCUT2D eigenvalue weighted by Gasteiger charge is 2.58. The van der Waals surface area contributed by atoms with Crippen LogP contribution >= 0.6 is 12.6 Å². The van der Waals surface area contributed by atoms with Gasteiger partial charge in [-0.15, -0.1) is 6.58 Å². The van der Waals surface area contributed by atoms with E-state index in [-0.39, 0.29) is 4.75 Å². The lowest BCUT2D eigenvalue weighted by Crippen LogP contribution is -2.60. The summed E-state index contributed by atoms with van der Waals surface area (Å²) in [6.45, 7) is 4.02. The third-order valence-electron chi connectivity index (χ3n) is 5.14. The van der Waals surface area contributed by atoms with E-state index in [1.165, 1.54) is 25.7 Å². The SMILES string of the molecule is C=CC1(S)C2CC3CC(C2)C(OC)C1C3. The average Bonchev–Trinajstić information content (AvgIpc) is 2.25. The molecule has 2 heteroatoms. The van der Waals surface area contributed by atoms with E-state index in [0.29, 0.717) is 12.0 Å². The minimum absolute atomic E-state index is 0.0497. The van der Waals surface area contributed by atoms with Crippen LogP contribution in [-0.4, -0.2) is 18.0 Å². The quantitative estimate of drug-likeness (QED) is 0.560. The first-order chi connectivity index (χ1) is 7.19. The van der Waals surface area contributed by atoms with Crippen LogP contribution in [0.4, 0.5) is 0 Å². The third kappa shape index (κ3) is 1.21. The molecular formula is C13H20OS. The van der Waals surface area contributed by atoms with Gasteiger partial charge < -0.3 is 4.74 Å². The maximum Gasteiger partial charge on any atom is 0.0644 e. The highest BCUT2D eigenvalue weighted by atomic mass is 32.1. The lowest BCUT2D eigenvalue weighted by Gasteiger charge is -2.61. The standard InChI is InChI=1S/C13H20OS/c1-3-13(15)10-5-8-4-9(7-10)12(14-2)11(13)6-8/h3,8-12,15H,1,4-7H2,2H3. The zero-order chi connectivity index (χ0) is 10.6. The van der Waals surface area contributed by atoms with Gasteiger partial charge >= 0.3 is 0 Å². The van der Waals surface area contributed by atoms with Crippen LogP contribution in [0, 0.1) is 23.7 Å². The second-order valence-electron chi connectivity index (χ2n) is 5.66. The zero-order valence-corrected chi connectivity index (χ0v) is 10.2. The normalized spacial score (nSPS) is 57.1. The molecule has 6 atom stereocenters. The summed E-state index contributed by atoms with van der Waals surface area (Å²) in [4.78, 5) is 0. The van der Waals surface area contributed by atoms with Crippen LogP contribution < -0.4 is 0 Å². The first-order valence-electron chi connectivity index (χ1n) is 6.07. The van der Waals surface area contributed by atoms with E-state index in [0.717, 1.165) is 17.8 Å². The van der Waals surface area contributed by atoms with Crippen molar-refractivity contribution >= 4 is 12.6 Å². The number of hydrogen-bond donors (Lipinski definition) is 1. The molecule has 4 aliphatic rings. The van der Waals surface area contributed by atoms with E-state index in [9.17, 15) is 0 Å². The van der Waals surface area contributed by atoms with Gasteiger partial charge in [0.25, 0.3) is 0 Å². The molecule has 0 aromatic heterocycles. The van der Waals surface area contributed by atoms with Gasteiger partial charge in [0.2, 0.25) is 0 Å². The van der Waals surface area contributed by atoms with Crippen LogP contribution in [0.15, 0.2) is 12.7 Å². The van der Waals surface area contributed by atoms with Gasteiger partial charge in [-0.3, -0.25) is 0 Å². The molecule has 6 unspecified atom stereocenters. The Labute approximate surface area is 97.7 Å². The Kier molecular flexibility index (Phi) is 2.23. The Hall–Kier alpha value is 0.0500. The molecule has 15 heavy (non-hydrogen) atoms. The molecule has 0 radical (unpaired) electrons. The lowest BCUT2D eigenvalue weighted by molar-refractivity contribution is -0.121. The van der Waals surface area contributed by atoms with Crippen molar-refractivity contribution < 1.29 is 4.74 Å². The summed E-state index contributed by atoms with van der Waals surface area (Å²) >= 11 is 4.95. The molecule has 4 aliphatic carbocycles. The summed E-state index contributed by atoms with van der Waals surface area (Å²) in [5.74, 6) is 3.12. The van der Waals surface area contributed by atoms with E-state index in [1.807, 2.05) is 7.11 Å². The molecule has 0 aliphatic heterocycles. The van der Waals surface area contributed by atoms with Gasteiger partial charge in [-0.25, -0.2) is 0 Å². The van der Waals surface area contributed by atoms with Gasteiger partial charge in [0.15, 0.2) is 0 Å². The van der Waals surface area contributed by atoms with E-state index in [4.69, 9.17) is 17.4 Å². The van der Waals surface area contributed by atoms with Crippen LogP contribution in [0.25, 0.3) is 0 Å². The minimum atomic E-state index is 0.0497. The fraction of sp³-hybridized carbons (Fsp3) is 0.846. The Balaban J connectivity index is 1.98. The molecule has 84 valence electrons. The van der Waals surface area contributed by atoms with Gasteiger partial charge in [-0.1, -0.05) is 6.08 Å². The first-order valence-corrected chi connectivity index (χ1v) is 6.52. The van der Waals surface area contributed by atoms with E-state index >= 15 is 0 Å². The molecule has 0 spiro atoms. The van der Waals surface area contributed by atoms with Gasteiger partial charge in [-0.05, 0) is 43.4 Å². The maximum absolute atomic E-state index is 5.73. The fourth-order valence-electron chi connectivity index (χ4n) is 4.57. The molecule has 0 aromatic rings. The second-order valence-corrected chi connectivity index (χ2v) is 6.44. The van der Waals surface area contributed by atoms with Crippen molar-refractivity contribution in [1.82, 2.24) is 0 Å². The highest BCUT2D eigenvalue weighted by Crippen LogP contribution is 2.61. The fourth-order valence-corrected chi connectivity index (χ4v) is 5.04. The van der Waals surface area contributed by atoms with Gasteiger partial charge in [0.05, 0.1) is 6.10 Å². The first kappa shape index (κ1) is 10.2. The molecule has 4 bridgehead atoms. The van der Waals surface area contributed by atoms with Crippen molar-refractivity contribution in [3.8, 4) is 0 Å². The highest BCUT2D eigenvalue weighted by molar-refractivity contribution is 7.82. The summed E-state index contributed by atoms with van der Waals surface area (Å²) < 4.78 is 5.78. The van der Waals surface area contributed by atoms with E-state index < -0.39 is 0 Å². The predicted octanol–water partition coefficient (Wildman–Crippen LogP) is 2.92. The van der Waals surface area contributed by atoms with Crippen LogP contribution in [0.1, 0.15) is 25.7 Å². The summed E-state index contributed by atoms with van der Waals surface area (Å²) in [5.41, 5.74) is 0. The Morgan fingerprint density at radius 2 is 2.13 bits per heavy atom. The molecular weight excluding hydrogens is 204 g/mol. The van der Waals surface area contributed by atoms with Crippen LogP contribution in [0.2, 0.25) is 0 Å². The van der Waals surface area contributed by atoms with Gasteiger partial charge in [0.1, 0.15) is 0 Å². The average molecular weight is 224 g/mol. The topological polar surface area (TPSA) is 9.23 Å². The van der Waals surface area contributed by atoms with Gasteiger partial charge in [0, 0.05) is 17.8 Å². The molecule has 4 fully saturated rings. The molecule has 0 amide bonds. The number of methoxy groups -OCH3 is 1. The van der Waals surface area contributed by atoms with Crippen molar-refractivity contribution in [2.75, 3.05) is 7.11 Å². The largest absolute Gasteiger partial charge is 0.381 e. The molecule has 0 aromatic carbocycles.